The molecule has 1 atom stereocenters. The molecule has 0 spiro atoms. The van der Waals surface area contributed by atoms with Crippen LogP contribution in [-0.4, -0.2) is 50.6 Å². The van der Waals surface area contributed by atoms with Gasteiger partial charge in [-0.15, -0.1) is 0 Å². The SMILES string of the molecule is Cc1c(NC(=O)c2ccc(NC(=O)c3ccc(NC(=O)C(CC#N)CC(=O)c4ccc(CC(=O)C5CCCC5)cc4)cc3)c(C)c2O)ccc(C(=O)O)c1O. The number of nitrogens with one attached hydrogen (secondary N) is 3. The van der Waals surface area contributed by atoms with Crippen molar-refractivity contribution in [3.8, 4) is 17.6 Å². The number of carbonyl (C=O) groups is 6. The monoisotopic (exact) mass is 744 g/mol. The van der Waals surface area contributed by atoms with Gasteiger partial charge in [-0.2, -0.15) is 5.26 Å². The van der Waals surface area contributed by atoms with Crippen molar-refractivity contribution in [2.24, 2.45) is 11.8 Å². The molecule has 1 saturated carbocycles. The number of rotatable bonds is 14. The summed E-state index contributed by atoms with van der Waals surface area (Å²) in [5.41, 5.74) is 1.95. The average Bonchev–Trinajstić information content (AvgIpc) is 3.71. The average molecular weight is 745 g/mol. The second kappa shape index (κ2) is 17.3. The molecule has 0 aliphatic heterocycles. The van der Waals surface area contributed by atoms with Crippen molar-refractivity contribution in [1.82, 2.24) is 0 Å². The number of carbonyl (C=O) groups excluding carboxylic acids is 5. The topological polar surface area (TPSA) is 223 Å². The highest BCUT2D eigenvalue weighted by Crippen LogP contribution is 2.33. The van der Waals surface area contributed by atoms with E-state index in [2.05, 4.69) is 16.0 Å². The molecule has 6 N–H and O–H groups in total. The van der Waals surface area contributed by atoms with Crippen LogP contribution in [0.3, 0.4) is 0 Å². The van der Waals surface area contributed by atoms with Crippen LogP contribution in [-0.2, 0) is 16.0 Å². The summed E-state index contributed by atoms with van der Waals surface area (Å²) in [4.78, 5) is 76.1. The zero-order valence-corrected chi connectivity index (χ0v) is 30.3. The summed E-state index contributed by atoms with van der Waals surface area (Å²) in [5, 5.41) is 47.5. The van der Waals surface area contributed by atoms with Gasteiger partial charge in [0.05, 0.1) is 17.6 Å². The molecule has 0 saturated heterocycles. The lowest BCUT2D eigenvalue weighted by Crippen LogP contribution is -2.25. The van der Waals surface area contributed by atoms with E-state index in [0.717, 1.165) is 37.3 Å². The normalized spacial score (nSPS) is 13.0. The van der Waals surface area contributed by atoms with E-state index in [4.69, 9.17) is 0 Å². The molecule has 13 nitrogen and oxygen atoms in total. The molecule has 1 aliphatic carbocycles. The number of anilines is 3. The summed E-state index contributed by atoms with van der Waals surface area (Å²) in [6, 6.07) is 19.8. The molecule has 4 aromatic carbocycles. The highest BCUT2D eigenvalue weighted by Gasteiger charge is 2.25. The summed E-state index contributed by atoms with van der Waals surface area (Å²) in [6.07, 6.45) is 3.93. The maximum atomic E-state index is 13.1. The number of nitrogens with zero attached hydrogens (tertiary/aromatic N) is 1. The number of nitriles is 1. The van der Waals surface area contributed by atoms with Crippen molar-refractivity contribution in [3.63, 3.8) is 0 Å². The lowest BCUT2D eigenvalue weighted by atomic mass is 9.93. The number of ketones is 2. The fourth-order valence-electron chi connectivity index (χ4n) is 6.47. The standard InChI is InChI=1S/C42H40N4O9/c1-23-33(17-15-31(37(23)49)41(53)46-34-18-16-32(42(54)55)38(50)24(34)2)45-39(51)28-11-13-30(14-12-28)44-40(52)29(19-20-43)22-36(48)27-9-7-25(8-10-27)21-35(47)26-5-3-4-6-26/h7-18,26,29,49-50H,3-6,19,21-22H2,1-2H3,(H,44,52)(H,45,51)(H,46,53)(H,54,55). The number of phenolic OH excluding ortho intramolecular Hbond substituents is 1. The lowest BCUT2D eigenvalue weighted by molar-refractivity contribution is -0.122. The Morgan fingerprint density at radius 2 is 1.27 bits per heavy atom. The quantitative estimate of drug-likeness (QED) is 0.0728. The zero-order chi connectivity index (χ0) is 39.8. The smallest absolute Gasteiger partial charge is 0.339 e. The minimum atomic E-state index is -1.33. The van der Waals surface area contributed by atoms with Gasteiger partial charge in [0.25, 0.3) is 11.8 Å². The van der Waals surface area contributed by atoms with Gasteiger partial charge in [-0.05, 0) is 80.8 Å². The predicted octanol–water partition coefficient (Wildman–Crippen LogP) is 6.96. The molecule has 0 radical (unpaired) electrons. The van der Waals surface area contributed by atoms with Crippen LogP contribution < -0.4 is 16.0 Å². The van der Waals surface area contributed by atoms with Crippen LogP contribution in [0.5, 0.6) is 11.5 Å². The number of amides is 3. The van der Waals surface area contributed by atoms with Crippen molar-refractivity contribution in [3.05, 3.63) is 112 Å². The molecule has 4 aromatic rings. The third kappa shape index (κ3) is 9.41. The fourth-order valence-corrected chi connectivity index (χ4v) is 6.47. The van der Waals surface area contributed by atoms with Gasteiger partial charge in [0.1, 0.15) is 22.8 Å². The summed E-state index contributed by atoms with van der Waals surface area (Å²) in [5.74, 6) is -4.99. The van der Waals surface area contributed by atoms with Crippen LogP contribution in [0.25, 0.3) is 0 Å². The van der Waals surface area contributed by atoms with E-state index in [-0.39, 0.29) is 69.5 Å². The summed E-state index contributed by atoms with van der Waals surface area (Å²) in [7, 11) is 0. The number of aromatic carboxylic acids is 1. The van der Waals surface area contributed by atoms with E-state index < -0.39 is 41.1 Å². The first-order valence-electron chi connectivity index (χ1n) is 17.7. The number of aromatic hydroxyl groups is 2. The Hall–Kier alpha value is -6.81. The number of benzene rings is 4. The first kappa shape index (κ1) is 39.4. The number of hydrogen-bond acceptors (Lipinski definition) is 9. The third-order valence-corrected chi connectivity index (χ3v) is 9.85. The van der Waals surface area contributed by atoms with E-state index in [0.29, 0.717) is 17.7 Å². The molecule has 3 amide bonds. The van der Waals surface area contributed by atoms with E-state index in [9.17, 15) is 49.3 Å². The maximum absolute atomic E-state index is 13.1. The van der Waals surface area contributed by atoms with Gasteiger partial charge in [-0.25, -0.2) is 4.79 Å². The Kier molecular flexibility index (Phi) is 12.4. The summed E-state index contributed by atoms with van der Waals surface area (Å²) < 4.78 is 0. The van der Waals surface area contributed by atoms with E-state index in [1.807, 2.05) is 6.07 Å². The molecular formula is C42H40N4O9. The van der Waals surface area contributed by atoms with Crippen molar-refractivity contribution in [2.45, 2.75) is 58.8 Å². The lowest BCUT2D eigenvalue weighted by Gasteiger charge is -2.15. The van der Waals surface area contributed by atoms with E-state index in [1.54, 1.807) is 24.3 Å². The Labute approximate surface area is 317 Å². The van der Waals surface area contributed by atoms with Gasteiger partial charge in [0.2, 0.25) is 5.91 Å². The van der Waals surface area contributed by atoms with E-state index in [1.165, 1.54) is 56.3 Å². The van der Waals surface area contributed by atoms with Crippen molar-refractivity contribution in [1.29, 1.82) is 5.26 Å². The van der Waals surface area contributed by atoms with Crippen LogP contribution >= 0.6 is 0 Å². The van der Waals surface area contributed by atoms with Crippen LogP contribution in [0.15, 0.2) is 72.8 Å². The summed E-state index contributed by atoms with van der Waals surface area (Å²) >= 11 is 0. The minimum Gasteiger partial charge on any atom is -0.507 e. The molecule has 0 bridgehead atoms. The van der Waals surface area contributed by atoms with Gasteiger partial charge >= 0.3 is 5.97 Å². The second-order valence-electron chi connectivity index (χ2n) is 13.6. The molecular weight excluding hydrogens is 704 g/mol. The first-order chi connectivity index (χ1) is 26.3. The second-order valence-corrected chi connectivity index (χ2v) is 13.6. The fraction of sp³-hybridized carbons (Fsp3) is 0.262. The highest BCUT2D eigenvalue weighted by atomic mass is 16.4. The molecule has 1 aliphatic rings. The molecule has 282 valence electrons. The van der Waals surface area contributed by atoms with Crippen LogP contribution in [0, 0.1) is 37.0 Å². The van der Waals surface area contributed by atoms with Gasteiger partial charge in [0, 0.05) is 64.5 Å². The maximum Gasteiger partial charge on any atom is 0.339 e. The van der Waals surface area contributed by atoms with Crippen LogP contribution in [0.2, 0.25) is 0 Å². The summed E-state index contributed by atoms with van der Waals surface area (Å²) in [6.45, 7) is 2.93. The highest BCUT2D eigenvalue weighted by molar-refractivity contribution is 6.09. The number of Topliss-reactive ketones (excluding diaryl/α,β-unsaturated/α-hetero) is 2. The molecule has 1 unspecified atom stereocenters. The van der Waals surface area contributed by atoms with E-state index >= 15 is 0 Å². The largest absolute Gasteiger partial charge is 0.507 e. The molecule has 13 heteroatoms. The number of phenols is 2. The predicted molar refractivity (Wildman–Crippen MR) is 203 cm³/mol. The van der Waals surface area contributed by atoms with Crippen molar-refractivity contribution < 1.29 is 44.1 Å². The Balaban J connectivity index is 1.17. The van der Waals surface area contributed by atoms with Crippen LogP contribution in [0.1, 0.15) is 96.6 Å². The molecule has 5 rings (SSSR count). The molecule has 55 heavy (non-hydrogen) atoms. The Bertz CT molecular complexity index is 2200. The minimum absolute atomic E-state index is 0.108. The molecule has 1 fully saturated rings. The zero-order valence-electron chi connectivity index (χ0n) is 30.3. The number of carboxylic acids is 1. The van der Waals surface area contributed by atoms with Gasteiger partial charge < -0.3 is 31.3 Å². The Morgan fingerprint density at radius 1 is 0.727 bits per heavy atom. The van der Waals surface area contributed by atoms with Gasteiger partial charge in [-0.3, -0.25) is 24.0 Å². The van der Waals surface area contributed by atoms with Crippen molar-refractivity contribution >= 4 is 52.3 Å². The van der Waals surface area contributed by atoms with Gasteiger partial charge in [-0.1, -0.05) is 37.1 Å². The van der Waals surface area contributed by atoms with Gasteiger partial charge in [0.15, 0.2) is 5.78 Å². The number of carboxylic acid groups (broad SMARTS) is 1. The first-order valence-corrected chi connectivity index (χ1v) is 17.7. The van der Waals surface area contributed by atoms with Crippen molar-refractivity contribution in [2.75, 3.05) is 16.0 Å². The van der Waals surface area contributed by atoms with Crippen LogP contribution in [0.4, 0.5) is 17.1 Å². The molecule has 0 aromatic heterocycles. The number of hydrogen-bond donors (Lipinski definition) is 6. The third-order valence-electron chi connectivity index (χ3n) is 9.85. The molecule has 0 heterocycles. The Morgan fingerprint density at radius 3 is 1.85 bits per heavy atom.